The largest absolute Gasteiger partial charge is 0.453 e. The molecule has 12 nitrogen and oxygen atoms in total. The van der Waals surface area contributed by atoms with Gasteiger partial charge in [0.1, 0.15) is 22.7 Å². The number of nitrogens with one attached hydrogen (secondary N) is 2. The Morgan fingerprint density at radius 3 is 2.83 bits per heavy atom. The molecule has 4 heterocycles. The first-order chi connectivity index (χ1) is 19.0. The molecule has 1 aliphatic heterocycles. The lowest BCUT2D eigenvalue weighted by Gasteiger charge is -2.30. The molecule has 13 heteroatoms. The molecular weight excluding hydrogens is 536 g/mol. The Morgan fingerprint density at radius 1 is 1.27 bits per heavy atom. The van der Waals surface area contributed by atoms with E-state index >= 15 is 0 Å². The van der Waals surface area contributed by atoms with Crippen molar-refractivity contribution in [2.45, 2.75) is 58.8 Å². The van der Waals surface area contributed by atoms with Gasteiger partial charge in [-0.25, -0.2) is 15.0 Å². The molecule has 0 radical (unpaired) electrons. The Bertz CT molecular complexity index is 1650. The van der Waals surface area contributed by atoms with E-state index in [4.69, 9.17) is 14.5 Å². The highest BCUT2D eigenvalue weighted by Crippen LogP contribution is 2.38. The maximum Gasteiger partial charge on any atom is 0.303 e. The summed E-state index contributed by atoms with van der Waals surface area (Å²) < 4.78 is 11.7. The lowest BCUT2D eigenvalue weighted by atomic mass is 9.95. The number of hydrogen-bond donors (Lipinski definition) is 2. The number of ether oxygens (including phenoxy) is 2. The van der Waals surface area contributed by atoms with Crippen molar-refractivity contribution in [2.75, 3.05) is 17.2 Å². The van der Waals surface area contributed by atoms with Crippen molar-refractivity contribution in [3.05, 3.63) is 57.5 Å². The van der Waals surface area contributed by atoms with E-state index in [9.17, 15) is 19.7 Å². The molecule has 0 aliphatic carbocycles. The van der Waals surface area contributed by atoms with Crippen LogP contribution in [0.25, 0.3) is 20.4 Å². The van der Waals surface area contributed by atoms with E-state index in [0.29, 0.717) is 31.0 Å². The number of rotatable bonds is 8. The van der Waals surface area contributed by atoms with Crippen LogP contribution in [0.1, 0.15) is 44.5 Å². The lowest BCUT2D eigenvalue weighted by Crippen LogP contribution is -2.32. The SMILES string of the molecule is CC(=O)OC(C)C(=O)Nc1ccc(CCNc2ncnc3c2sc2nc4c(cc23)COC(C)(C)C4)cc1[N+](=O)[O-]. The topological polar surface area (TPSA) is 158 Å². The summed E-state index contributed by atoms with van der Waals surface area (Å²) in [4.78, 5) is 49.2. The highest BCUT2D eigenvalue weighted by Gasteiger charge is 2.28. The Labute approximate surface area is 233 Å². The minimum absolute atomic E-state index is 0.0254. The van der Waals surface area contributed by atoms with Gasteiger partial charge < -0.3 is 20.1 Å². The summed E-state index contributed by atoms with van der Waals surface area (Å²) in [5.41, 5.74) is 3.15. The van der Waals surface area contributed by atoms with Gasteiger partial charge in [0.05, 0.1) is 33.0 Å². The van der Waals surface area contributed by atoms with E-state index in [1.165, 1.54) is 43.6 Å². The zero-order valence-electron chi connectivity index (χ0n) is 22.4. The summed E-state index contributed by atoms with van der Waals surface area (Å²) in [6.07, 6.45) is 1.63. The van der Waals surface area contributed by atoms with Crippen molar-refractivity contribution in [1.29, 1.82) is 0 Å². The van der Waals surface area contributed by atoms with Gasteiger partial charge in [0.2, 0.25) is 0 Å². The standard InChI is InChI=1S/C27H28N6O6S/c1-14(39-15(2)34)25(35)31-19-6-5-16(9-21(19)33(36)37)7-8-28-24-23-22(29-13-30-24)18-10-17-12-38-27(3,4)11-20(17)32-26(18)40-23/h5-6,9-10,13-14H,7-8,11-12H2,1-4H3,(H,31,35)(H,28,29,30). The smallest absolute Gasteiger partial charge is 0.303 e. The van der Waals surface area contributed by atoms with Gasteiger partial charge in [-0.15, -0.1) is 11.3 Å². The van der Waals surface area contributed by atoms with Crippen LogP contribution in [0.15, 0.2) is 30.6 Å². The third kappa shape index (κ3) is 5.70. The average molecular weight is 565 g/mol. The second kappa shape index (κ2) is 10.7. The monoisotopic (exact) mass is 564 g/mol. The molecule has 40 heavy (non-hydrogen) atoms. The van der Waals surface area contributed by atoms with E-state index in [1.807, 2.05) is 0 Å². The number of esters is 1. The number of anilines is 2. The number of hydrogen-bond acceptors (Lipinski definition) is 11. The predicted molar refractivity (Wildman–Crippen MR) is 150 cm³/mol. The number of fused-ring (bicyclic) bond motifs is 4. The number of benzene rings is 1. The van der Waals surface area contributed by atoms with E-state index in [1.54, 1.807) is 6.07 Å². The Hall–Kier alpha value is -4.23. The molecule has 1 atom stereocenters. The third-order valence-corrected chi connectivity index (χ3v) is 7.66. The van der Waals surface area contributed by atoms with Gasteiger partial charge in [-0.3, -0.25) is 19.7 Å². The van der Waals surface area contributed by atoms with Gasteiger partial charge in [0.15, 0.2) is 6.10 Å². The van der Waals surface area contributed by atoms with Gasteiger partial charge in [-0.1, -0.05) is 6.07 Å². The van der Waals surface area contributed by atoms with Crippen molar-refractivity contribution in [3.63, 3.8) is 0 Å². The number of nitro groups is 1. The Morgan fingerprint density at radius 2 is 2.08 bits per heavy atom. The average Bonchev–Trinajstić information content (AvgIpc) is 3.25. The van der Waals surface area contributed by atoms with Crippen LogP contribution in [0.3, 0.4) is 0 Å². The van der Waals surface area contributed by atoms with Gasteiger partial charge in [0.25, 0.3) is 11.6 Å². The molecule has 208 valence electrons. The fourth-order valence-electron chi connectivity index (χ4n) is 4.56. The zero-order chi connectivity index (χ0) is 28.6. The number of nitrogens with zero attached hydrogens (tertiary/aromatic N) is 4. The molecular formula is C27H28N6O6S. The Balaban J connectivity index is 1.31. The summed E-state index contributed by atoms with van der Waals surface area (Å²) in [7, 11) is 0. The molecule has 3 aromatic heterocycles. The molecule has 0 spiro atoms. The number of carbonyl (C=O) groups is 2. The van der Waals surface area contributed by atoms with Crippen LogP contribution in [0.2, 0.25) is 0 Å². The molecule has 0 saturated carbocycles. The highest BCUT2D eigenvalue weighted by atomic mass is 32.1. The molecule has 5 rings (SSSR count). The number of pyridine rings is 1. The molecule has 2 N–H and O–H groups in total. The van der Waals surface area contributed by atoms with E-state index in [0.717, 1.165) is 38.1 Å². The Kier molecular flexibility index (Phi) is 7.34. The van der Waals surface area contributed by atoms with Gasteiger partial charge in [0, 0.05) is 36.9 Å². The molecule has 0 saturated heterocycles. The first kappa shape index (κ1) is 27.3. The maximum atomic E-state index is 12.3. The fourth-order valence-corrected chi connectivity index (χ4v) is 5.66. The summed E-state index contributed by atoms with van der Waals surface area (Å²) in [6.45, 7) is 7.66. The summed E-state index contributed by atoms with van der Waals surface area (Å²) >= 11 is 1.53. The van der Waals surface area contributed by atoms with Crippen LogP contribution >= 0.6 is 11.3 Å². The van der Waals surface area contributed by atoms with Crippen molar-refractivity contribution in [1.82, 2.24) is 15.0 Å². The second-order valence-corrected chi connectivity index (χ2v) is 11.2. The molecule has 1 unspecified atom stereocenters. The van der Waals surface area contributed by atoms with Crippen LogP contribution in [-0.4, -0.2) is 50.0 Å². The van der Waals surface area contributed by atoms with Crippen LogP contribution in [-0.2, 0) is 38.5 Å². The third-order valence-electron chi connectivity index (χ3n) is 6.56. The fraction of sp³-hybridized carbons (Fsp3) is 0.370. The van der Waals surface area contributed by atoms with Crippen LogP contribution in [0, 0.1) is 10.1 Å². The summed E-state index contributed by atoms with van der Waals surface area (Å²) in [6, 6.07) is 6.70. The summed E-state index contributed by atoms with van der Waals surface area (Å²) in [5.74, 6) is -0.610. The van der Waals surface area contributed by atoms with Crippen molar-refractivity contribution in [3.8, 4) is 0 Å². The molecule has 4 aromatic rings. The maximum absolute atomic E-state index is 12.3. The molecule has 1 aromatic carbocycles. The number of carbonyl (C=O) groups excluding carboxylic acids is 2. The number of aromatic nitrogens is 3. The number of thiophene rings is 1. The normalized spacial score (nSPS) is 14.9. The number of nitro benzene ring substituents is 1. The van der Waals surface area contributed by atoms with Crippen molar-refractivity contribution in [2.24, 2.45) is 0 Å². The second-order valence-electron chi connectivity index (χ2n) is 10.2. The zero-order valence-corrected chi connectivity index (χ0v) is 23.3. The first-order valence-corrected chi connectivity index (χ1v) is 13.5. The van der Waals surface area contributed by atoms with Crippen LogP contribution in [0.5, 0.6) is 0 Å². The molecule has 0 fully saturated rings. The predicted octanol–water partition coefficient (Wildman–Crippen LogP) is 4.54. The van der Waals surface area contributed by atoms with Crippen molar-refractivity contribution >= 4 is 60.8 Å². The highest BCUT2D eigenvalue weighted by molar-refractivity contribution is 7.25. The van der Waals surface area contributed by atoms with Gasteiger partial charge in [-0.2, -0.15) is 0 Å². The van der Waals surface area contributed by atoms with E-state index < -0.39 is 22.9 Å². The molecule has 0 bridgehead atoms. The molecule has 1 amide bonds. The minimum Gasteiger partial charge on any atom is -0.453 e. The molecule has 1 aliphatic rings. The summed E-state index contributed by atoms with van der Waals surface area (Å²) in [5, 5.41) is 18.4. The lowest BCUT2D eigenvalue weighted by molar-refractivity contribution is -0.384. The van der Waals surface area contributed by atoms with Crippen LogP contribution in [0.4, 0.5) is 17.2 Å². The quantitative estimate of drug-likeness (QED) is 0.177. The minimum atomic E-state index is -1.08. The van der Waals surface area contributed by atoms with Crippen molar-refractivity contribution < 1.29 is 24.0 Å². The van der Waals surface area contributed by atoms with Gasteiger partial charge >= 0.3 is 5.97 Å². The van der Waals surface area contributed by atoms with Gasteiger partial charge in [-0.05, 0) is 44.9 Å². The van der Waals surface area contributed by atoms with E-state index in [-0.39, 0.29) is 17.0 Å². The van der Waals surface area contributed by atoms with Crippen LogP contribution < -0.4 is 10.6 Å². The van der Waals surface area contributed by atoms with E-state index in [2.05, 4.69) is 40.5 Å². The number of amides is 1. The first-order valence-electron chi connectivity index (χ1n) is 12.7.